The molecule has 1 aliphatic heterocycles. The lowest BCUT2D eigenvalue weighted by Gasteiger charge is -2.22. The molecule has 1 aromatic rings. The van der Waals surface area contributed by atoms with Crippen LogP contribution in [0.15, 0.2) is 16.7 Å². The number of furan rings is 1. The number of hydrazine groups is 1. The highest BCUT2D eigenvalue weighted by atomic mass is 16.5. The van der Waals surface area contributed by atoms with E-state index in [0.717, 1.165) is 37.7 Å². The molecule has 4 nitrogen and oxygen atoms in total. The van der Waals surface area contributed by atoms with E-state index in [4.69, 9.17) is 15.0 Å². The van der Waals surface area contributed by atoms with Crippen LogP contribution in [0, 0.1) is 5.92 Å². The SMILES string of the molecule is CCc1occc1C(CCCCC1CCOCC1)NN. The van der Waals surface area contributed by atoms with E-state index in [-0.39, 0.29) is 6.04 Å². The van der Waals surface area contributed by atoms with Crippen LogP contribution in [-0.2, 0) is 11.2 Å². The number of ether oxygens (including phenoxy) is 1. The van der Waals surface area contributed by atoms with Crippen molar-refractivity contribution in [1.29, 1.82) is 0 Å². The third kappa shape index (κ3) is 4.33. The van der Waals surface area contributed by atoms with Crippen molar-refractivity contribution < 1.29 is 9.15 Å². The minimum Gasteiger partial charge on any atom is -0.469 e. The summed E-state index contributed by atoms with van der Waals surface area (Å²) in [5.41, 5.74) is 4.16. The summed E-state index contributed by atoms with van der Waals surface area (Å²) < 4.78 is 10.9. The molecule has 0 saturated carbocycles. The summed E-state index contributed by atoms with van der Waals surface area (Å²) in [7, 11) is 0. The van der Waals surface area contributed by atoms with Crippen LogP contribution in [0.3, 0.4) is 0 Å². The van der Waals surface area contributed by atoms with Gasteiger partial charge in [0, 0.05) is 31.2 Å². The van der Waals surface area contributed by atoms with Crippen LogP contribution >= 0.6 is 0 Å². The fourth-order valence-electron chi connectivity index (χ4n) is 3.09. The molecule has 114 valence electrons. The van der Waals surface area contributed by atoms with Gasteiger partial charge in [0.25, 0.3) is 0 Å². The Labute approximate surface area is 122 Å². The number of nitrogens with two attached hydrogens (primary N) is 1. The summed E-state index contributed by atoms with van der Waals surface area (Å²) in [5, 5.41) is 0. The zero-order valence-electron chi connectivity index (χ0n) is 12.6. The van der Waals surface area contributed by atoms with Gasteiger partial charge < -0.3 is 9.15 Å². The van der Waals surface area contributed by atoms with Gasteiger partial charge in [-0.05, 0) is 31.2 Å². The van der Waals surface area contributed by atoms with Gasteiger partial charge in [0.2, 0.25) is 0 Å². The second kappa shape index (κ2) is 8.45. The molecule has 4 heteroatoms. The first kappa shape index (κ1) is 15.5. The lowest BCUT2D eigenvalue weighted by atomic mass is 9.92. The molecule has 2 heterocycles. The van der Waals surface area contributed by atoms with Crippen LogP contribution in [0.25, 0.3) is 0 Å². The molecule has 1 saturated heterocycles. The highest BCUT2D eigenvalue weighted by molar-refractivity contribution is 5.21. The Morgan fingerprint density at radius 1 is 1.35 bits per heavy atom. The van der Waals surface area contributed by atoms with Crippen LogP contribution in [0.4, 0.5) is 0 Å². The molecule has 20 heavy (non-hydrogen) atoms. The number of hydrogen-bond acceptors (Lipinski definition) is 4. The number of rotatable bonds is 8. The largest absolute Gasteiger partial charge is 0.469 e. The van der Waals surface area contributed by atoms with Crippen molar-refractivity contribution in [3.8, 4) is 0 Å². The van der Waals surface area contributed by atoms with Crippen LogP contribution in [-0.4, -0.2) is 13.2 Å². The van der Waals surface area contributed by atoms with Gasteiger partial charge in [-0.3, -0.25) is 11.3 Å². The maximum Gasteiger partial charge on any atom is 0.108 e. The monoisotopic (exact) mass is 280 g/mol. The summed E-state index contributed by atoms with van der Waals surface area (Å²) in [6.07, 6.45) is 10.0. The zero-order chi connectivity index (χ0) is 14.2. The van der Waals surface area contributed by atoms with Gasteiger partial charge >= 0.3 is 0 Å². The third-order valence-corrected chi connectivity index (χ3v) is 4.37. The van der Waals surface area contributed by atoms with Gasteiger partial charge in [-0.1, -0.05) is 26.2 Å². The Balaban J connectivity index is 1.71. The molecule has 1 aromatic heterocycles. The van der Waals surface area contributed by atoms with E-state index in [1.54, 1.807) is 6.26 Å². The highest BCUT2D eigenvalue weighted by Crippen LogP contribution is 2.26. The Bertz CT molecular complexity index is 372. The average molecular weight is 280 g/mol. The first-order chi connectivity index (χ1) is 9.85. The minimum absolute atomic E-state index is 0.221. The van der Waals surface area contributed by atoms with Gasteiger partial charge in [-0.2, -0.15) is 0 Å². The standard InChI is InChI=1S/C16H28N2O2/c1-2-16-14(9-12-20-16)15(18-17)6-4-3-5-13-7-10-19-11-8-13/h9,12-13,15,18H,2-8,10-11,17H2,1H3. The Morgan fingerprint density at radius 2 is 2.15 bits per heavy atom. The van der Waals surface area contributed by atoms with E-state index in [1.165, 1.54) is 37.7 Å². The van der Waals surface area contributed by atoms with E-state index >= 15 is 0 Å². The molecule has 1 atom stereocenters. The fraction of sp³-hybridized carbons (Fsp3) is 0.750. The second-order valence-electron chi connectivity index (χ2n) is 5.71. The molecule has 0 aromatic carbocycles. The molecule has 2 rings (SSSR count). The molecular formula is C16H28N2O2. The van der Waals surface area contributed by atoms with Crippen molar-refractivity contribution >= 4 is 0 Å². The van der Waals surface area contributed by atoms with Crippen LogP contribution in [0.5, 0.6) is 0 Å². The summed E-state index contributed by atoms with van der Waals surface area (Å²) in [5.74, 6) is 7.63. The summed E-state index contributed by atoms with van der Waals surface area (Å²) in [4.78, 5) is 0. The van der Waals surface area contributed by atoms with Gasteiger partial charge in [-0.15, -0.1) is 0 Å². The summed E-state index contributed by atoms with van der Waals surface area (Å²) in [6.45, 7) is 4.01. The second-order valence-corrected chi connectivity index (χ2v) is 5.71. The lowest BCUT2D eigenvalue weighted by molar-refractivity contribution is 0.0630. The van der Waals surface area contributed by atoms with Gasteiger partial charge in [0.05, 0.1) is 6.26 Å². The highest BCUT2D eigenvalue weighted by Gasteiger charge is 2.17. The zero-order valence-corrected chi connectivity index (χ0v) is 12.6. The van der Waals surface area contributed by atoms with Crippen LogP contribution < -0.4 is 11.3 Å². The van der Waals surface area contributed by atoms with Gasteiger partial charge in [0.15, 0.2) is 0 Å². The van der Waals surface area contributed by atoms with E-state index < -0.39 is 0 Å². The van der Waals surface area contributed by atoms with Gasteiger partial charge in [-0.25, -0.2) is 0 Å². The molecule has 1 unspecified atom stereocenters. The summed E-state index contributed by atoms with van der Waals surface area (Å²) in [6, 6.07) is 2.26. The predicted molar refractivity (Wildman–Crippen MR) is 80.2 cm³/mol. The predicted octanol–water partition coefficient (Wildman–Crippen LogP) is 3.33. The van der Waals surface area contributed by atoms with Crippen molar-refractivity contribution in [3.05, 3.63) is 23.7 Å². The van der Waals surface area contributed by atoms with E-state index in [0.29, 0.717) is 0 Å². The number of unbranched alkanes of at least 4 members (excludes halogenated alkanes) is 1. The molecule has 3 N–H and O–H groups in total. The quantitative estimate of drug-likeness (QED) is 0.435. The molecule has 0 spiro atoms. The maximum atomic E-state index is 5.70. The number of aryl methyl sites for hydroxylation is 1. The molecule has 0 radical (unpaired) electrons. The van der Waals surface area contributed by atoms with Crippen molar-refractivity contribution in [3.63, 3.8) is 0 Å². The first-order valence-corrected chi connectivity index (χ1v) is 7.95. The minimum atomic E-state index is 0.221. The molecule has 0 aliphatic carbocycles. The van der Waals surface area contributed by atoms with Crippen LogP contribution in [0.1, 0.15) is 62.8 Å². The van der Waals surface area contributed by atoms with E-state index in [9.17, 15) is 0 Å². The Hall–Kier alpha value is -0.840. The van der Waals surface area contributed by atoms with Crippen LogP contribution in [0.2, 0.25) is 0 Å². The Morgan fingerprint density at radius 3 is 2.85 bits per heavy atom. The molecule has 0 amide bonds. The van der Waals surface area contributed by atoms with E-state index in [2.05, 4.69) is 12.3 Å². The molecule has 1 aliphatic rings. The number of hydrogen-bond donors (Lipinski definition) is 2. The van der Waals surface area contributed by atoms with E-state index in [1.807, 2.05) is 6.07 Å². The smallest absolute Gasteiger partial charge is 0.108 e. The normalized spacial score (nSPS) is 18.3. The maximum absolute atomic E-state index is 5.70. The van der Waals surface area contributed by atoms with Gasteiger partial charge in [0.1, 0.15) is 5.76 Å². The average Bonchev–Trinajstić information content (AvgIpc) is 2.97. The Kier molecular flexibility index (Phi) is 6.57. The number of nitrogens with one attached hydrogen (secondary N) is 1. The van der Waals surface area contributed by atoms with Crippen molar-refractivity contribution in [2.45, 2.75) is 57.9 Å². The van der Waals surface area contributed by atoms with Crippen molar-refractivity contribution in [2.75, 3.05) is 13.2 Å². The molecule has 0 bridgehead atoms. The first-order valence-electron chi connectivity index (χ1n) is 7.95. The third-order valence-electron chi connectivity index (χ3n) is 4.37. The lowest BCUT2D eigenvalue weighted by Crippen LogP contribution is -2.28. The van der Waals surface area contributed by atoms with Crippen molar-refractivity contribution in [1.82, 2.24) is 5.43 Å². The van der Waals surface area contributed by atoms with Crippen molar-refractivity contribution in [2.24, 2.45) is 11.8 Å². The molecule has 1 fully saturated rings. The molecular weight excluding hydrogens is 252 g/mol. The topological polar surface area (TPSA) is 60.4 Å². The summed E-state index contributed by atoms with van der Waals surface area (Å²) >= 11 is 0. The fourth-order valence-corrected chi connectivity index (χ4v) is 3.09.